The number of fused-ring (bicyclic) bond motifs is 1. The van der Waals surface area contributed by atoms with Gasteiger partial charge in [0.1, 0.15) is 0 Å². The highest BCUT2D eigenvalue weighted by atomic mass is 35.5. The molecule has 0 saturated carbocycles. The van der Waals surface area contributed by atoms with E-state index >= 15 is 0 Å². The van der Waals surface area contributed by atoms with Gasteiger partial charge in [0, 0.05) is 22.2 Å². The van der Waals surface area contributed by atoms with E-state index in [1.807, 2.05) is 42.5 Å². The molecule has 2 nitrogen and oxygen atoms in total. The lowest BCUT2D eigenvalue weighted by Gasteiger charge is -2.06. The van der Waals surface area contributed by atoms with Crippen LogP contribution in [0.4, 0.5) is 0 Å². The van der Waals surface area contributed by atoms with E-state index in [2.05, 4.69) is 9.97 Å². The summed E-state index contributed by atoms with van der Waals surface area (Å²) in [5.41, 5.74) is 2.85. The predicted octanol–water partition coefficient (Wildman–Crippen LogP) is 4.60. The molecule has 0 amide bonds. The van der Waals surface area contributed by atoms with E-state index in [1.165, 1.54) is 0 Å². The zero-order chi connectivity index (χ0) is 12.5. The molecule has 0 bridgehead atoms. The smallest absolute Gasteiger partial charge is 0.222 e. The summed E-state index contributed by atoms with van der Waals surface area (Å²) in [7, 11) is 0. The number of halogens is 2. The maximum Gasteiger partial charge on any atom is 0.222 e. The Labute approximate surface area is 114 Å². The summed E-state index contributed by atoms with van der Waals surface area (Å²) in [6.07, 6.45) is 1.72. The van der Waals surface area contributed by atoms with Crippen LogP contribution < -0.4 is 0 Å². The third-order valence-corrected chi connectivity index (χ3v) is 3.13. The highest BCUT2D eigenvalue weighted by Gasteiger charge is 2.06. The molecule has 3 rings (SSSR count). The van der Waals surface area contributed by atoms with Gasteiger partial charge >= 0.3 is 0 Å². The summed E-state index contributed by atoms with van der Waals surface area (Å²) < 4.78 is 0. The zero-order valence-corrected chi connectivity index (χ0v) is 10.8. The first-order valence-electron chi connectivity index (χ1n) is 5.41. The molecule has 0 atom stereocenters. The fourth-order valence-electron chi connectivity index (χ4n) is 1.92. The van der Waals surface area contributed by atoms with Crippen LogP contribution in [-0.2, 0) is 0 Å². The van der Waals surface area contributed by atoms with Gasteiger partial charge in [0.25, 0.3) is 0 Å². The lowest BCUT2D eigenvalue weighted by molar-refractivity contribution is 1.22. The van der Waals surface area contributed by atoms with Crippen molar-refractivity contribution < 1.29 is 0 Å². The Morgan fingerprint density at radius 2 is 1.78 bits per heavy atom. The van der Waals surface area contributed by atoms with E-state index in [0.29, 0.717) is 5.02 Å². The van der Waals surface area contributed by atoms with Gasteiger partial charge in [-0.25, -0.2) is 9.97 Å². The van der Waals surface area contributed by atoms with Crippen LogP contribution in [0, 0.1) is 0 Å². The molecule has 0 aliphatic rings. The van der Waals surface area contributed by atoms with Gasteiger partial charge in [-0.3, -0.25) is 0 Å². The van der Waals surface area contributed by atoms with Crippen LogP contribution in [0.5, 0.6) is 0 Å². The first-order chi connectivity index (χ1) is 8.74. The van der Waals surface area contributed by atoms with Crippen LogP contribution in [0.1, 0.15) is 0 Å². The monoisotopic (exact) mass is 274 g/mol. The van der Waals surface area contributed by atoms with E-state index in [9.17, 15) is 0 Å². The summed E-state index contributed by atoms with van der Waals surface area (Å²) in [5.74, 6) is 0. The molecule has 88 valence electrons. The van der Waals surface area contributed by atoms with Crippen LogP contribution in [-0.4, -0.2) is 9.97 Å². The Hall–Kier alpha value is -1.64. The van der Waals surface area contributed by atoms with E-state index in [0.717, 1.165) is 22.0 Å². The molecule has 0 spiro atoms. The number of hydrogen-bond acceptors (Lipinski definition) is 2. The SMILES string of the molecule is Clc1cccc(-c2cccc3cnc(Cl)nc23)c1. The number of rotatable bonds is 1. The van der Waals surface area contributed by atoms with Crippen molar-refractivity contribution in [3.8, 4) is 11.1 Å². The fraction of sp³-hybridized carbons (Fsp3) is 0. The van der Waals surface area contributed by atoms with E-state index in [4.69, 9.17) is 23.2 Å². The number of benzene rings is 2. The summed E-state index contributed by atoms with van der Waals surface area (Å²) in [5, 5.41) is 1.90. The van der Waals surface area contributed by atoms with Gasteiger partial charge in [0.15, 0.2) is 0 Å². The molecule has 0 aliphatic heterocycles. The van der Waals surface area contributed by atoms with Crippen molar-refractivity contribution in [2.45, 2.75) is 0 Å². The van der Waals surface area contributed by atoms with Crippen LogP contribution in [0.3, 0.4) is 0 Å². The summed E-state index contributed by atoms with van der Waals surface area (Å²) in [4.78, 5) is 8.28. The van der Waals surface area contributed by atoms with Gasteiger partial charge in [-0.1, -0.05) is 41.9 Å². The Morgan fingerprint density at radius 1 is 0.944 bits per heavy atom. The zero-order valence-electron chi connectivity index (χ0n) is 9.27. The van der Waals surface area contributed by atoms with Crippen LogP contribution >= 0.6 is 23.2 Å². The number of aromatic nitrogens is 2. The van der Waals surface area contributed by atoms with Crippen molar-refractivity contribution in [2.75, 3.05) is 0 Å². The van der Waals surface area contributed by atoms with Crippen molar-refractivity contribution >= 4 is 34.1 Å². The van der Waals surface area contributed by atoms with E-state index in [-0.39, 0.29) is 5.28 Å². The van der Waals surface area contributed by atoms with Crippen molar-refractivity contribution in [3.63, 3.8) is 0 Å². The maximum absolute atomic E-state index is 6.02. The fourth-order valence-corrected chi connectivity index (χ4v) is 2.25. The Balaban J connectivity index is 2.32. The summed E-state index contributed by atoms with van der Waals surface area (Å²) in [6, 6.07) is 13.6. The molecular formula is C14H8Cl2N2. The minimum Gasteiger partial charge on any atom is -0.226 e. The van der Waals surface area contributed by atoms with Gasteiger partial charge in [0.2, 0.25) is 5.28 Å². The highest BCUT2D eigenvalue weighted by molar-refractivity contribution is 6.31. The normalized spacial score (nSPS) is 10.8. The largest absolute Gasteiger partial charge is 0.226 e. The predicted molar refractivity (Wildman–Crippen MR) is 75.0 cm³/mol. The Morgan fingerprint density at radius 3 is 2.61 bits per heavy atom. The van der Waals surface area contributed by atoms with E-state index in [1.54, 1.807) is 6.20 Å². The average Bonchev–Trinajstić information content (AvgIpc) is 2.38. The van der Waals surface area contributed by atoms with Crippen LogP contribution in [0.15, 0.2) is 48.7 Å². The lowest BCUT2D eigenvalue weighted by Crippen LogP contribution is -1.88. The van der Waals surface area contributed by atoms with Crippen molar-refractivity contribution in [2.24, 2.45) is 0 Å². The second-order valence-electron chi connectivity index (χ2n) is 3.89. The molecule has 4 heteroatoms. The van der Waals surface area contributed by atoms with Gasteiger partial charge < -0.3 is 0 Å². The summed E-state index contributed by atoms with van der Waals surface area (Å²) >= 11 is 11.9. The van der Waals surface area contributed by atoms with Crippen LogP contribution in [0.25, 0.3) is 22.0 Å². The minimum absolute atomic E-state index is 0.247. The van der Waals surface area contributed by atoms with Gasteiger partial charge in [-0.05, 0) is 29.3 Å². The molecule has 0 unspecified atom stereocenters. The first kappa shape index (κ1) is 11.5. The number of para-hydroxylation sites is 1. The molecule has 1 aromatic heterocycles. The summed E-state index contributed by atoms with van der Waals surface area (Å²) in [6.45, 7) is 0. The lowest BCUT2D eigenvalue weighted by atomic mass is 10.0. The molecule has 0 saturated heterocycles. The molecule has 1 heterocycles. The molecule has 0 radical (unpaired) electrons. The van der Waals surface area contributed by atoms with Crippen molar-refractivity contribution in [1.82, 2.24) is 9.97 Å². The van der Waals surface area contributed by atoms with Crippen molar-refractivity contribution in [3.05, 3.63) is 59.0 Å². The van der Waals surface area contributed by atoms with Gasteiger partial charge in [-0.15, -0.1) is 0 Å². The van der Waals surface area contributed by atoms with Gasteiger partial charge in [0.05, 0.1) is 5.52 Å². The topological polar surface area (TPSA) is 25.8 Å². The second kappa shape index (κ2) is 4.56. The third kappa shape index (κ3) is 2.05. The molecule has 3 aromatic rings. The third-order valence-electron chi connectivity index (χ3n) is 2.72. The second-order valence-corrected chi connectivity index (χ2v) is 4.67. The van der Waals surface area contributed by atoms with Crippen LogP contribution in [0.2, 0.25) is 10.3 Å². The molecule has 0 fully saturated rings. The van der Waals surface area contributed by atoms with Gasteiger partial charge in [-0.2, -0.15) is 0 Å². The number of nitrogens with zero attached hydrogens (tertiary/aromatic N) is 2. The minimum atomic E-state index is 0.247. The molecule has 0 N–H and O–H groups in total. The molecule has 2 aromatic carbocycles. The Kier molecular flexibility index (Phi) is 2.90. The van der Waals surface area contributed by atoms with Crippen molar-refractivity contribution in [1.29, 1.82) is 0 Å². The number of hydrogen-bond donors (Lipinski definition) is 0. The highest BCUT2D eigenvalue weighted by Crippen LogP contribution is 2.29. The molecular weight excluding hydrogens is 267 g/mol. The molecule has 18 heavy (non-hydrogen) atoms. The quantitative estimate of drug-likeness (QED) is 0.606. The first-order valence-corrected chi connectivity index (χ1v) is 6.17. The maximum atomic E-state index is 6.02. The van der Waals surface area contributed by atoms with E-state index < -0.39 is 0 Å². The average molecular weight is 275 g/mol. The standard InChI is InChI=1S/C14H8Cl2N2/c15-11-5-1-3-9(7-11)12-6-2-4-10-8-17-14(16)18-13(10)12/h1-8H. The Bertz CT molecular complexity index is 726. The molecule has 0 aliphatic carbocycles.